The van der Waals surface area contributed by atoms with Gasteiger partial charge in [0.05, 0.1) is 12.3 Å². The lowest BCUT2D eigenvalue weighted by Crippen LogP contribution is -2.11. The Labute approximate surface area is 120 Å². The van der Waals surface area contributed by atoms with Crippen molar-refractivity contribution in [1.82, 2.24) is 0 Å². The number of hydrogen-bond acceptors (Lipinski definition) is 2. The number of halogens is 1. The molecule has 0 saturated heterocycles. The zero-order valence-corrected chi connectivity index (χ0v) is 12.2. The summed E-state index contributed by atoms with van der Waals surface area (Å²) in [5.74, 6) is 0.946. The first-order chi connectivity index (χ1) is 8.66. The van der Waals surface area contributed by atoms with E-state index in [9.17, 15) is 0 Å². The summed E-state index contributed by atoms with van der Waals surface area (Å²) < 4.78 is 5.50. The van der Waals surface area contributed by atoms with Crippen molar-refractivity contribution in [3.8, 4) is 0 Å². The first kappa shape index (κ1) is 15.4. The summed E-state index contributed by atoms with van der Waals surface area (Å²) in [6.07, 6.45) is 2.57. The molecule has 0 aliphatic carbocycles. The Morgan fingerprint density at radius 3 is 2.58 bits per heavy atom. The Hall–Kier alpha value is -1.67. The molecular weight excluding hydrogens is 258 g/mol. The lowest BCUT2D eigenvalue weighted by atomic mass is 10.1. The molecule has 0 aliphatic heterocycles. The van der Waals surface area contributed by atoms with Crippen LogP contribution in [0, 0.1) is 6.92 Å². The minimum Gasteiger partial charge on any atom is -0.467 e. The van der Waals surface area contributed by atoms with E-state index in [1.165, 1.54) is 5.56 Å². The maximum Gasteiger partial charge on any atom is 0.126 e. The number of anilines is 1. The van der Waals surface area contributed by atoms with Gasteiger partial charge >= 0.3 is 0 Å². The minimum absolute atomic E-state index is 0. The third-order valence-electron chi connectivity index (χ3n) is 2.91. The monoisotopic (exact) mass is 277 g/mol. The predicted octanol–water partition coefficient (Wildman–Crippen LogP) is 5.13. The van der Waals surface area contributed by atoms with Crippen molar-refractivity contribution in [3.05, 3.63) is 66.1 Å². The molecule has 1 aromatic heterocycles. The van der Waals surface area contributed by atoms with Gasteiger partial charge in [-0.15, -0.1) is 19.0 Å². The number of nitrogens with one attached hydrogen (secondary N) is 1. The first-order valence-electron chi connectivity index (χ1n) is 6.17. The van der Waals surface area contributed by atoms with E-state index in [1.807, 2.05) is 31.2 Å². The van der Waals surface area contributed by atoms with Crippen LogP contribution in [0.3, 0.4) is 0 Å². The van der Waals surface area contributed by atoms with Crippen LogP contribution in [-0.2, 0) is 0 Å². The molecule has 0 fully saturated rings. The fourth-order valence-electron chi connectivity index (χ4n) is 1.98. The Morgan fingerprint density at radius 1 is 1.26 bits per heavy atom. The summed E-state index contributed by atoms with van der Waals surface area (Å²) in [7, 11) is 0. The van der Waals surface area contributed by atoms with Crippen molar-refractivity contribution in [2.24, 2.45) is 0 Å². The molecule has 1 aromatic carbocycles. The molecule has 0 spiro atoms. The van der Waals surface area contributed by atoms with Crippen LogP contribution in [0.2, 0.25) is 0 Å². The van der Waals surface area contributed by atoms with E-state index in [0.717, 1.165) is 23.4 Å². The first-order valence-corrected chi connectivity index (χ1v) is 6.17. The lowest BCUT2D eigenvalue weighted by molar-refractivity contribution is 0.477. The molecule has 3 heteroatoms. The van der Waals surface area contributed by atoms with E-state index in [2.05, 4.69) is 31.0 Å². The fraction of sp³-hybridized carbons (Fsp3) is 0.250. The number of hydrogen-bond donors (Lipinski definition) is 1. The maximum absolute atomic E-state index is 5.50. The van der Waals surface area contributed by atoms with Crippen LogP contribution < -0.4 is 5.32 Å². The smallest absolute Gasteiger partial charge is 0.126 e. The van der Waals surface area contributed by atoms with E-state index in [0.29, 0.717) is 0 Å². The highest BCUT2D eigenvalue weighted by Gasteiger charge is 2.14. The van der Waals surface area contributed by atoms with Crippen molar-refractivity contribution in [2.45, 2.75) is 26.3 Å². The molecule has 0 saturated carbocycles. The number of aryl methyl sites for hydroxylation is 1. The molecule has 102 valence electrons. The van der Waals surface area contributed by atoms with Crippen LogP contribution in [0.15, 0.2) is 59.2 Å². The quantitative estimate of drug-likeness (QED) is 0.767. The third-order valence-corrected chi connectivity index (χ3v) is 2.91. The Balaban J connectivity index is 0.00000180. The summed E-state index contributed by atoms with van der Waals surface area (Å²) in [6.45, 7) is 8.12. The standard InChI is InChI=1S/C16H19NO.ClH/c1-12(2)11-15(16-9-6-10-18-16)17-14-8-5-4-7-13(14)3;/h4-10,15,17H,1,11H2,2-3H3;1H. The largest absolute Gasteiger partial charge is 0.467 e. The van der Waals surface area contributed by atoms with Gasteiger partial charge in [-0.25, -0.2) is 0 Å². The Morgan fingerprint density at radius 2 is 2.00 bits per heavy atom. The topological polar surface area (TPSA) is 25.2 Å². The molecule has 0 amide bonds. The van der Waals surface area contributed by atoms with Crippen LogP contribution >= 0.6 is 12.4 Å². The molecule has 2 nitrogen and oxygen atoms in total. The van der Waals surface area contributed by atoms with E-state index >= 15 is 0 Å². The molecule has 1 N–H and O–H groups in total. The number of furan rings is 1. The maximum atomic E-state index is 5.50. The minimum atomic E-state index is 0. The third kappa shape index (κ3) is 4.18. The summed E-state index contributed by atoms with van der Waals surface area (Å²) in [4.78, 5) is 0. The van der Waals surface area contributed by atoms with Gasteiger partial charge in [0, 0.05) is 5.69 Å². The zero-order valence-electron chi connectivity index (χ0n) is 11.3. The van der Waals surface area contributed by atoms with Gasteiger partial charge in [-0.05, 0) is 44.0 Å². The molecule has 2 aromatic rings. The molecule has 0 aliphatic rings. The van der Waals surface area contributed by atoms with Gasteiger partial charge in [-0.3, -0.25) is 0 Å². The van der Waals surface area contributed by atoms with Crippen LogP contribution in [0.5, 0.6) is 0 Å². The van der Waals surface area contributed by atoms with Gasteiger partial charge in [0.1, 0.15) is 5.76 Å². The van der Waals surface area contributed by atoms with Crippen LogP contribution in [-0.4, -0.2) is 0 Å². The van der Waals surface area contributed by atoms with Crippen LogP contribution in [0.25, 0.3) is 0 Å². The summed E-state index contributed by atoms with van der Waals surface area (Å²) in [5, 5.41) is 3.53. The summed E-state index contributed by atoms with van der Waals surface area (Å²) in [6, 6.07) is 12.3. The second-order valence-corrected chi connectivity index (χ2v) is 4.69. The highest BCUT2D eigenvalue weighted by Crippen LogP contribution is 2.27. The number of para-hydroxylation sites is 1. The average molecular weight is 278 g/mol. The highest BCUT2D eigenvalue weighted by molar-refractivity contribution is 5.85. The number of benzene rings is 1. The van der Waals surface area contributed by atoms with E-state index in [4.69, 9.17) is 4.42 Å². The van der Waals surface area contributed by atoms with E-state index < -0.39 is 0 Å². The molecule has 1 unspecified atom stereocenters. The van der Waals surface area contributed by atoms with E-state index in [1.54, 1.807) is 6.26 Å². The second kappa shape index (κ2) is 7.05. The predicted molar refractivity (Wildman–Crippen MR) is 82.9 cm³/mol. The van der Waals surface area contributed by atoms with Crippen molar-refractivity contribution < 1.29 is 4.42 Å². The second-order valence-electron chi connectivity index (χ2n) is 4.69. The van der Waals surface area contributed by atoms with Crippen LogP contribution in [0.1, 0.15) is 30.7 Å². The van der Waals surface area contributed by atoms with Crippen LogP contribution in [0.4, 0.5) is 5.69 Å². The van der Waals surface area contributed by atoms with Gasteiger partial charge in [-0.2, -0.15) is 0 Å². The van der Waals surface area contributed by atoms with Gasteiger partial charge in [0.25, 0.3) is 0 Å². The summed E-state index contributed by atoms with van der Waals surface area (Å²) in [5.41, 5.74) is 3.51. The van der Waals surface area contributed by atoms with Crippen molar-refractivity contribution in [3.63, 3.8) is 0 Å². The molecular formula is C16H20ClNO. The van der Waals surface area contributed by atoms with Crippen molar-refractivity contribution in [2.75, 3.05) is 5.32 Å². The van der Waals surface area contributed by atoms with Gasteiger partial charge in [-0.1, -0.05) is 23.8 Å². The van der Waals surface area contributed by atoms with Crippen molar-refractivity contribution >= 4 is 18.1 Å². The average Bonchev–Trinajstić information content (AvgIpc) is 2.84. The summed E-state index contributed by atoms with van der Waals surface area (Å²) >= 11 is 0. The Bertz CT molecular complexity index is 519. The van der Waals surface area contributed by atoms with Crippen molar-refractivity contribution in [1.29, 1.82) is 0 Å². The molecule has 2 rings (SSSR count). The normalized spacial score (nSPS) is 11.5. The van der Waals surface area contributed by atoms with Gasteiger partial charge < -0.3 is 9.73 Å². The fourth-order valence-corrected chi connectivity index (χ4v) is 1.98. The molecule has 1 atom stereocenters. The zero-order chi connectivity index (χ0) is 13.0. The SMILES string of the molecule is C=C(C)CC(Nc1ccccc1C)c1ccco1.Cl. The number of rotatable bonds is 5. The molecule has 0 bridgehead atoms. The van der Waals surface area contributed by atoms with Gasteiger partial charge in [0.15, 0.2) is 0 Å². The Kier molecular flexibility index (Phi) is 5.71. The van der Waals surface area contributed by atoms with E-state index in [-0.39, 0.29) is 18.4 Å². The lowest BCUT2D eigenvalue weighted by Gasteiger charge is -2.19. The molecule has 19 heavy (non-hydrogen) atoms. The highest BCUT2D eigenvalue weighted by atomic mass is 35.5. The molecule has 1 heterocycles. The van der Waals surface area contributed by atoms with Gasteiger partial charge in [0.2, 0.25) is 0 Å². The molecule has 0 radical (unpaired) electrons.